The average Bonchev–Trinajstić information content (AvgIpc) is 2.54. The molecule has 22 heavy (non-hydrogen) atoms. The van der Waals surface area contributed by atoms with E-state index in [9.17, 15) is 4.79 Å². The van der Waals surface area contributed by atoms with Crippen LogP contribution >= 0.6 is 0 Å². The van der Waals surface area contributed by atoms with Gasteiger partial charge in [-0.05, 0) is 30.5 Å². The van der Waals surface area contributed by atoms with Gasteiger partial charge in [-0.25, -0.2) is 0 Å². The zero-order valence-corrected chi connectivity index (χ0v) is 13.1. The molecule has 0 saturated carbocycles. The molecule has 0 bridgehead atoms. The fourth-order valence-corrected chi connectivity index (χ4v) is 3.13. The van der Waals surface area contributed by atoms with Gasteiger partial charge < -0.3 is 9.64 Å². The van der Waals surface area contributed by atoms with E-state index in [1.807, 2.05) is 35.2 Å². The molecule has 3 nitrogen and oxygen atoms in total. The van der Waals surface area contributed by atoms with E-state index in [0.29, 0.717) is 13.0 Å². The smallest absolute Gasteiger partial charge is 0.227 e. The molecule has 0 N–H and O–H groups in total. The third kappa shape index (κ3) is 2.84. The van der Waals surface area contributed by atoms with E-state index in [1.165, 1.54) is 11.1 Å². The molecule has 3 heteroatoms. The van der Waals surface area contributed by atoms with Gasteiger partial charge in [-0.2, -0.15) is 0 Å². The highest BCUT2D eigenvalue weighted by Gasteiger charge is 2.26. The summed E-state index contributed by atoms with van der Waals surface area (Å²) in [5.74, 6) is 0.937. The highest BCUT2D eigenvalue weighted by atomic mass is 16.5. The lowest BCUT2D eigenvalue weighted by Crippen LogP contribution is -2.43. The Morgan fingerprint density at radius 2 is 1.82 bits per heavy atom. The molecule has 1 heterocycles. The number of nitrogens with zero attached hydrogens (tertiary/aromatic N) is 1. The first-order valence-electron chi connectivity index (χ1n) is 7.67. The SMILES string of the molecule is COc1ccccc1CC(=O)N1Cc2ccccc2CC1C. The van der Waals surface area contributed by atoms with Gasteiger partial charge in [-0.15, -0.1) is 0 Å². The van der Waals surface area contributed by atoms with Crippen molar-refractivity contribution in [3.63, 3.8) is 0 Å². The largest absolute Gasteiger partial charge is 0.496 e. The predicted octanol–water partition coefficient (Wildman–Crippen LogP) is 3.21. The Hall–Kier alpha value is -2.29. The number of carbonyl (C=O) groups is 1. The number of ether oxygens (including phenoxy) is 1. The summed E-state index contributed by atoms with van der Waals surface area (Å²) < 4.78 is 5.35. The van der Waals surface area contributed by atoms with Gasteiger partial charge in [0, 0.05) is 18.2 Å². The van der Waals surface area contributed by atoms with Crippen LogP contribution < -0.4 is 4.74 Å². The van der Waals surface area contributed by atoms with Crippen LogP contribution in [0.25, 0.3) is 0 Å². The summed E-state index contributed by atoms with van der Waals surface area (Å²) in [5.41, 5.74) is 3.56. The summed E-state index contributed by atoms with van der Waals surface area (Å²) in [5, 5.41) is 0. The Balaban J connectivity index is 1.78. The van der Waals surface area contributed by atoms with E-state index in [4.69, 9.17) is 4.74 Å². The first-order valence-corrected chi connectivity index (χ1v) is 7.67. The van der Waals surface area contributed by atoms with Gasteiger partial charge in [0.05, 0.1) is 13.5 Å². The van der Waals surface area contributed by atoms with Gasteiger partial charge in [0.1, 0.15) is 5.75 Å². The van der Waals surface area contributed by atoms with Crippen LogP contribution in [0.15, 0.2) is 48.5 Å². The molecule has 0 fully saturated rings. The molecular weight excluding hydrogens is 274 g/mol. The molecule has 1 amide bonds. The number of hydrogen-bond acceptors (Lipinski definition) is 2. The molecule has 0 radical (unpaired) electrons. The molecule has 1 atom stereocenters. The molecule has 0 aromatic heterocycles. The summed E-state index contributed by atoms with van der Waals surface area (Å²) in [6, 6.07) is 16.3. The molecule has 114 valence electrons. The van der Waals surface area contributed by atoms with Crippen molar-refractivity contribution in [3.8, 4) is 5.75 Å². The maximum Gasteiger partial charge on any atom is 0.227 e. The molecule has 3 rings (SSSR count). The average molecular weight is 295 g/mol. The van der Waals surface area contributed by atoms with E-state index < -0.39 is 0 Å². The Morgan fingerprint density at radius 1 is 1.14 bits per heavy atom. The van der Waals surface area contributed by atoms with Crippen LogP contribution in [0.2, 0.25) is 0 Å². The Morgan fingerprint density at radius 3 is 2.59 bits per heavy atom. The lowest BCUT2D eigenvalue weighted by Gasteiger charge is -2.35. The third-order valence-corrected chi connectivity index (χ3v) is 4.36. The van der Waals surface area contributed by atoms with Crippen LogP contribution in [-0.2, 0) is 24.2 Å². The summed E-state index contributed by atoms with van der Waals surface area (Å²) >= 11 is 0. The van der Waals surface area contributed by atoms with Gasteiger partial charge in [-0.1, -0.05) is 42.5 Å². The number of methoxy groups -OCH3 is 1. The minimum absolute atomic E-state index is 0.159. The number of amides is 1. The van der Waals surface area contributed by atoms with Crippen molar-refractivity contribution in [3.05, 3.63) is 65.2 Å². The fraction of sp³-hybridized carbons (Fsp3) is 0.316. The standard InChI is InChI=1S/C19H21NO2/c1-14-11-15-7-3-4-9-17(15)13-20(14)19(21)12-16-8-5-6-10-18(16)22-2/h3-10,14H,11-13H2,1-2H3. The van der Waals surface area contributed by atoms with Crippen LogP contribution in [0.5, 0.6) is 5.75 Å². The molecule has 1 unspecified atom stereocenters. The highest BCUT2D eigenvalue weighted by Crippen LogP contribution is 2.25. The van der Waals surface area contributed by atoms with E-state index >= 15 is 0 Å². The zero-order chi connectivity index (χ0) is 15.5. The Bertz CT molecular complexity index is 681. The number of fused-ring (bicyclic) bond motifs is 1. The zero-order valence-electron chi connectivity index (χ0n) is 13.1. The highest BCUT2D eigenvalue weighted by molar-refractivity contribution is 5.80. The summed E-state index contributed by atoms with van der Waals surface area (Å²) in [6.45, 7) is 2.82. The van der Waals surface area contributed by atoms with E-state index in [-0.39, 0.29) is 11.9 Å². The second kappa shape index (κ2) is 6.22. The van der Waals surface area contributed by atoms with Gasteiger partial charge in [0.15, 0.2) is 0 Å². The monoisotopic (exact) mass is 295 g/mol. The maximum absolute atomic E-state index is 12.7. The molecule has 1 aliphatic heterocycles. The predicted molar refractivity (Wildman–Crippen MR) is 86.9 cm³/mol. The Kier molecular flexibility index (Phi) is 4.14. The third-order valence-electron chi connectivity index (χ3n) is 4.36. The maximum atomic E-state index is 12.7. The van der Waals surface area contributed by atoms with Crippen molar-refractivity contribution in [2.75, 3.05) is 7.11 Å². The van der Waals surface area contributed by atoms with Gasteiger partial charge in [0.2, 0.25) is 5.91 Å². The van der Waals surface area contributed by atoms with Gasteiger partial charge in [-0.3, -0.25) is 4.79 Å². The number of hydrogen-bond donors (Lipinski definition) is 0. The molecule has 0 saturated heterocycles. The molecule has 0 spiro atoms. The van der Waals surface area contributed by atoms with Crippen LogP contribution in [-0.4, -0.2) is 24.0 Å². The number of rotatable bonds is 3. The lowest BCUT2D eigenvalue weighted by atomic mass is 9.94. The van der Waals surface area contributed by atoms with Crippen molar-refractivity contribution < 1.29 is 9.53 Å². The second-order valence-corrected chi connectivity index (χ2v) is 5.83. The van der Waals surface area contributed by atoms with Crippen molar-refractivity contribution in [2.24, 2.45) is 0 Å². The first kappa shape index (κ1) is 14.6. The summed E-state index contributed by atoms with van der Waals surface area (Å²) in [7, 11) is 1.64. The molecule has 0 aliphatic carbocycles. The van der Waals surface area contributed by atoms with Crippen molar-refractivity contribution in [1.82, 2.24) is 4.90 Å². The van der Waals surface area contributed by atoms with E-state index in [0.717, 1.165) is 17.7 Å². The van der Waals surface area contributed by atoms with Crippen LogP contribution in [0.1, 0.15) is 23.6 Å². The fourth-order valence-electron chi connectivity index (χ4n) is 3.13. The van der Waals surface area contributed by atoms with Crippen LogP contribution in [0.4, 0.5) is 0 Å². The second-order valence-electron chi connectivity index (χ2n) is 5.83. The number of para-hydroxylation sites is 1. The summed E-state index contributed by atoms with van der Waals surface area (Å²) in [4.78, 5) is 14.7. The van der Waals surface area contributed by atoms with Crippen molar-refractivity contribution in [2.45, 2.75) is 32.4 Å². The van der Waals surface area contributed by atoms with Gasteiger partial charge in [0.25, 0.3) is 0 Å². The number of benzene rings is 2. The number of carbonyl (C=O) groups excluding carboxylic acids is 1. The van der Waals surface area contributed by atoms with Crippen molar-refractivity contribution >= 4 is 5.91 Å². The molecular formula is C19H21NO2. The van der Waals surface area contributed by atoms with Crippen LogP contribution in [0, 0.1) is 0 Å². The molecule has 2 aromatic rings. The van der Waals surface area contributed by atoms with Gasteiger partial charge >= 0.3 is 0 Å². The molecule has 2 aromatic carbocycles. The first-order chi connectivity index (χ1) is 10.7. The minimum Gasteiger partial charge on any atom is -0.496 e. The quantitative estimate of drug-likeness (QED) is 0.870. The molecule has 1 aliphatic rings. The van der Waals surface area contributed by atoms with Crippen molar-refractivity contribution in [1.29, 1.82) is 0 Å². The minimum atomic E-state index is 0.159. The Labute approximate surface area is 131 Å². The summed E-state index contributed by atoms with van der Waals surface area (Å²) in [6.07, 6.45) is 1.31. The van der Waals surface area contributed by atoms with Crippen LogP contribution in [0.3, 0.4) is 0 Å². The van der Waals surface area contributed by atoms with E-state index in [2.05, 4.69) is 25.1 Å². The van der Waals surface area contributed by atoms with E-state index in [1.54, 1.807) is 7.11 Å². The lowest BCUT2D eigenvalue weighted by molar-refractivity contribution is -0.133. The normalized spacial score (nSPS) is 17.0. The topological polar surface area (TPSA) is 29.5 Å².